The molecule has 1 N–H and O–H groups in total. The SMILES string of the molecule is CCS(=O)(=O)c1ccc(C(Oc2ccc(Cl)cc2)C(=O)Nc2nc3cc(OC)c(OC)cc3s2)cc1. The molecule has 0 saturated carbocycles. The molecule has 1 unspecified atom stereocenters. The van der Waals surface area contributed by atoms with Crippen molar-refractivity contribution in [3.63, 3.8) is 0 Å². The first kappa shape index (κ1) is 25.7. The number of anilines is 1. The number of hydrogen-bond donors (Lipinski definition) is 1. The van der Waals surface area contributed by atoms with Gasteiger partial charge in [0, 0.05) is 22.7 Å². The predicted octanol–water partition coefficient (Wildman–Crippen LogP) is 5.52. The molecule has 3 aromatic carbocycles. The largest absolute Gasteiger partial charge is 0.493 e. The number of carbonyl (C=O) groups excluding carboxylic acids is 1. The van der Waals surface area contributed by atoms with Crippen LogP contribution in [0.3, 0.4) is 0 Å². The van der Waals surface area contributed by atoms with Crippen LogP contribution in [0, 0.1) is 0 Å². The highest BCUT2D eigenvalue weighted by atomic mass is 35.5. The average Bonchev–Trinajstić information content (AvgIpc) is 3.28. The number of halogens is 1. The van der Waals surface area contributed by atoms with Gasteiger partial charge in [0.2, 0.25) is 6.10 Å². The Kier molecular flexibility index (Phi) is 7.67. The quantitative estimate of drug-likeness (QED) is 0.295. The van der Waals surface area contributed by atoms with Gasteiger partial charge in [0.15, 0.2) is 26.5 Å². The third kappa shape index (κ3) is 5.56. The number of sulfone groups is 1. The number of carbonyl (C=O) groups is 1. The van der Waals surface area contributed by atoms with Crippen LogP contribution in [-0.4, -0.2) is 39.3 Å². The number of benzene rings is 3. The van der Waals surface area contributed by atoms with Crippen molar-refractivity contribution in [2.45, 2.75) is 17.9 Å². The van der Waals surface area contributed by atoms with Gasteiger partial charge in [-0.25, -0.2) is 13.4 Å². The Hall–Kier alpha value is -3.34. The van der Waals surface area contributed by atoms with E-state index in [-0.39, 0.29) is 10.6 Å². The van der Waals surface area contributed by atoms with Gasteiger partial charge in [-0.1, -0.05) is 42.0 Å². The van der Waals surface area contributed by atoms with Crippen LogP contribution in [0.15, 0.2) is 65.6 Å². The summed E-state index contributed by atoms with van der Waals surface area (Å²) in [6.07, 6.45) is -1.08. The number of hydrogen-bond acceptors (Lipinski definition) is 8. The lowest BCUT2D eigenvalue weighted by molar-refractivity contribution is -0.123. The summed E-state index contributed by atoms with van der Waals surface area (Å²) in [4.78, 5) is 18.0. The van der Waals surface area contributed by atoms with Gasteiger partial charge in [-0.05, 0) is 36.4 Å². The molecular formula is C25H23ClN2O6S2. The minimum absolute atomic E-state index is 0.0231. The molecule has 188 valence electrons. The Labute approximate surface area is 217 Å². The zero-order valence-electron chi connectivity index (χ0n) is 19.6. The lowest BCUT2D eigenvalue weighted by Crippen LogP contribution is -2.25. The fraction of sp³-hybridized carbons (Fsp3) is 0.200. The molecule has 36 heavy (non-hydrogen) atoms. The number of methoxy groups -OCH3 is 2. The molecule has 0 aliphatic rings. The molecule has 0 aliphatic carbocycles. The summed E-state index contributed by atoms with van der Waals surface area (Å²) in [7, 11) is -0.303. The van der Waals surface area contributed by atoms with Crippen molar-refractivity contribution in [3.05, 3.63) is 71.2 Å². The minimum Gasteiger partial charge on any atom is -0.493 e. The second-order valence-electron chi connectivity index (χ2n) is 7.61. The van der Waals surface area contributed by atoms with Gasteiger partial charge in [0.05, 0.1) is 35.1 Å². The minimum atomic E-state index is -3.38. The normalized spacial score (nSPS) is 12.2. The summed E-state index contributed by atoms with van der Waals surface area (Å²) >= 11 is 7.25. The van der Waals surface area contributed by atoms with Crippen molar-refractivity contribution >= 4 is 54.0 Å². The van der Waals surface area contributed by atoms with Crippen LogP contribution < -0.4 is 19.5 Å². The molecule has 0 aliphatic heterocycles. The Balaban J connectivity index is 1.65. The van der Waals surface area contributed by atoms with Crippen molar-refractivity contribution in [2.24, 2.45) is 0 Å². The maximum absolute atomic E-state index is 13.4. The van der Waals surface area contributed by atoms with Crippen molar-refractivity contribution in [1.82, 2.24) is 4.98 Å². The Morgan fingerprint density at radius 1 is 1.03 bits per heavy atom. The van der Waals surface area contributed by atoms with Crippen LogP contribution in [0.1, 0.15) is 18.6 Å². The van der Waals surface area contributed by atoms with E-state index in [1.54, 1.807) is 62.6 Å². The zero-order chi connectivity index (χ0) is 25.9. The monoisotopic (exact) mass is 546 g/mol. The number of nitrogens with zero attached hydrogens (tertiary/aromatic N) is 1. The van der Waals surface area contributed by atoms with Gasteiger partial charge in [-0.3, -0.25) is 10.1 Å². The molecule has 4 rings (SSSR count). The molecule has 8 nitrogen and oxygen atoms in total. The number of amides is 1. The fourth-order valence-electron chi connectivity index (χ4n) is 3.42. The van der Waals surface area contributed by atoms with Crippen molar-refractivity contribution in [2.75, 3.05) is 25.3 Å². The van der Waals surface area contributed by atoms with Gasteiger partial charge in [-0.15, -0.1) is 0 Å². The molecule has 0 spiro atoms. The highest BCUT2D eigenvalue weighted by molar-refractivity contribution is 7.91. The first-order valence-corrected chi connectivity index (χ1v) is 13.7. The molecule has 0 radical (unpaired) electrons. The third-order valence-corrected chi connectivity index (χ3v) is 8.29. The lowest BCUT2D eigenvalue weighted by Gasteiger charge is -2.19. The van der Waals surface area contributed by atoms with Crippen LogP contribution in [-0.2, 0) is 14.6 Å². The van der Waals surface area contributed by atoms with E-state index >= 15 is 0 Å². The summed E-state index contributed by atoms with van der Waals surface area (Å²) in [5, 5.41) is 3.70. The van der Waals surface area contributed by atoms with E-state index in [9.17, 15) is 13.2 Å². The van der Waals surface area contributed by atoms with Gasteiger partial charge in [0.1, 0.15) is 5.75 Å². The highest BCUT2D eigenvalue weighted by Crippen LogP contribution is 2.36. The summed E-state index contributed by atoms with van der Waals surface area (Å²) in [6.45, 7) is 1.58. The van der Waals surface area contributed by atoms with E-state index in [0.29, 0.717) is 38.5 Å². The number of nitrogens with one attached hydrogen (secondary N) is 1. The van der Waals surface area contributed by atoms with Crippen LogP contribution in [0.4, 0.5) is 5.13 Å². The molecule has 1 atom stereocenters. The van der Waals surface area contributed by atoms with Crippen LogP contribution in [0.25, 0.3) is 10.2 Å². The van der Waals surface area contributed by atoms with E-state index in [1.807, 2.05) is 0 Å². The van der Waals surface area contributed by atoms with E-state index < -0.39 is 21.8 Å². The van der Waals surface area contributed by atoms with E-state index in [1.165, 1.54) is 30.6 Å². The maximum Gasteiger partial charge on any atom is 0.271 e. The van der Waals surface area contributed by atoms with Crippen molar-refractivity contribution in [3.8, 4) is 17.2 Å². The molecule has 4 aromatic rings. The van der Waals surface area contributed by atoms with E-state index in [4.69, 9.17) is 25.8 Å². The number of fused-ring (bicyclic) bond motifs is 1. The lowest BCUT2D eigenvalue weighted by atomic mass is 10.1. The first-order valence-electron chi connectivity index (χ1n) is 10.8. The highest BCUT2D eigenvalue weighted by Gasteiger charge is 2.25. The zero-order valence-corrected chi connectivity index (χ0v) is 22.0. The number of thiazole rings is 1. The Bertz CT molecular complexity index is 1440. The maximum atomic E-state index is 13.4. The number of rotatable bonds is 9. The molecule has 0 fully saturated rings. The molecule has 1 amide bonds. The number of aromatic nitrogens is 1. The number of ether oxygens (including phenoxy) is 3. The van der Waals surface area contributed by atoms with Crippen molar-refractivity contribution < 1.29 is 27.4 Å². The summed E-state index contributed by atoms with van der Waals surface area (Å²) in [6, 6.07) is 16.2. The Morgan fingerprint density at radius 2 is 1.67 bits per heavy atom. The van der Waals surface area contributed by atoms with Crippen LogP contribution in [0.2, 0.25) is 5.02 Å². The second-order valence-corrected chi connectivity index (χ2v) is 11.4. The first-order chi connectivity index (χ1) is 17.2. The van der Waals surface area contributed by atoms with Gasteiger partial charge >= 0.3 is 0 Å². The second kappa shape index (κ2) is 10.7. The van der Waals surface area contributed by atoms with Gasteiger partial charge in [0.25, 0.3) is 5.91 Å². The molecule has 1 aromatic heterocycles. The van der Waals surface area contributed by atoms with E-state index in [0.717, 1.165) is 4.70 Å². The third-order valence-electron chi connectivity index (χ3n) is 5.35. The molecule has 1 heterocycles. The molecule has 0 saturated heterocycles. The average molecular weight is 547 g/mol. The molecular weight excluding hydrogens is 524 g/mol. The summed E-state index contributed by atoms with van der Waals surface area (Å²) < 4.78 is 41.9. The predicted molar refractivity (Wildman–Crippen MR) is 140 cm³/mol. The van der Waals surface area contributed by atoms with Crippen LogP contribution in [0.5, 0.6) is 17.2 Å². The molecule has 11 heteroatoms. The summed E-state index contributed by atoms with van der Waals surface area (Å²) in [5.74, 6) is 1.000. The topological polar surface area (TPSA) is 104 Å². The standard InChI is InChI=1S/C25H23ClN2O6S2/c1-4-36(30,31)18-11-5-15(6-12-18)23(34-17-9-7-16(26)8-10-17)24(29)28-25-27-19-13-20(32-2)21(33-3)14-22(19)35-25/h5-14,23H,4H2,1-3H3,(H,27,28,29). The van der Waals surface area contributed by atoms with Crippen molar-refractivity contribution in [1.29, 1.82) is 0 Å². The van der Waals surface area contributed by atoms with Gasteiger partial charge < -0.3 is 14.2 Å². The van der Waals surface area contributed by atoms with E-state index in [2.05, 4.69) is 10.3 Å². The fourth-order valence-corrected chi connectivity index (χ4v) is 5.31. The van der Waals surface area contributed by atoms with Crippen LogP contribution >= 0.6 is 22.9 Å². The van der Waals surface area contributed by atoms with Gasteiger partial charge in [-0.2, -0.15) is 0 Å². The molecule has 0 bridgehead atoms. The summed E-state index contributed by atoms with van der Waals surface area (Å²) in [5.41, 5.74) is 1.11. The Morgan fingerprint density at radius 3 is 2.28 bits per heavy atom. The smallest absolute Gasteiger partial charge is 0.271 e.